The normalized spacial score (nSPS) is 10.3. The van der Waals surface area contributed by atoms with Gasteiger partial charge in [-0.1, -0.05) is 34.8 Å². The summed E-state index contributed by atoms with van der Waals surface area (Å²) >= 11 is 17.4. The number of aliphatic hydroxyl groups is 1. The molecule has 0 spiro atoms. The first-order chi connectivity index (χ1) is 6.54. The lowest BCUT2D eigenvalue weighted by Gasteiger charge is -2.05. The van der Waals surface area contributed by atoms with Crippen LogP contribution in [0.5, 0.6) is 0 Å². The molecule has 0 radical (unpaired) electrons. The average molecular weight is 254 g/mol. The molecule has 1 aromatic carbocycles. The van der Waals surface area contributed by atoms with Crippen LogP contribution in [0.4, 0.5) is 0 Å². The monoisotopic (exact) mass is 252 g/mol. The molecule has 0 saturated carbocycles. The molecule has 76 valence electrons. The molecule has 1 aromatic rings. The van der Waals surface area contributed by atoms with Gasteiger partial charge in [0.05, 0.1) is 0 Å². The van der Waals surface area contributed by atoms with Gasteiger partial charge in [0.25, 0.3) is 0 Å². The van der Waals surface area contributed by atoms with Crippen LogP contribution < -0.4 is 0 Å². The lowest BCUT2D eigenvalue weighted by Crippen LogP contribution is -2.08. The third-order valence-electron chi connectivity index (χ3n) is 1.66. The van der Waals surface area contributed by atoms with Crippen molar-refractivity contribution in [3.63, 3.8) is 0 Å². The topological polar surface area (TPSA) is 37.3 Å². The van der Waals surface area contributed by atoms with Crippen molar-refractivity contribution in [3.8, 4) is 0 Å². The number of Topliss-reactive ketones (excluding diaryl/α,β-unsaturated/α-hetero) is 1. The van der Waals surface area contributed by atoms with Gasteiger partial charge in [0.15, 0.2) is 5.78 Å². The van der Waals surface area contributed by atoms with Crippen molar-refractivity contribution in [3.05, 3.63) is 32.8 Å². The van der Waals surface area contributed by atoms with E-state index in [0.29, 0.717) is 20.6 Å². The Morgan fingerprint density at radius 1 is 1.21 bits per heavy atom. The summed E-state index contributed by atoms with van der Waals surface area (Å²) in [5.41, 5.74) is 0.497. The van der Waals surface area contributed by atoms with Crippen LogP contribution in [0.15, 0.2) is 12.1 Å². The number of benzene rings is 1. The molecule has 0 aromatic heterocycles. The van der Waals surface area contributed by atoms with Gasteiger partial charge in [-0.05, 0) is 17.7 Å². The third kappa shape index (κ3) is 2.85. The second-order valence-corrected chi connectivity index (χ2v) is 3.97. The van der Waals surface area contributed by atoms with Crippen molar-refractivity contribution in [2.75, 3.05) is 6.61 Å². The Hall–Kier alpha value is -0.280. The molecule has 0 atom stereocenters. The van der Waals surface area contributed by atoms with Gasteiger partial charge in [-0.25, -0.2) is 0 Å². The molecule has 0 fully saturated rings. The van der Waals surface area contributed by atoms with E-state index in [4.69, 9.17) is 39.9 Å². The summed E-state index contributed by atoms with van der Waals surface area (Å²) in [5.74, 6) is -0.337. The molecular formula is C9H7Cl3O2. The fourth-order valence-corrected chi connectivity index (χ4v) is 1.94. The van der Waals surface area contributed by atoms with E-state index in [1.807, 2.05) is 0 Å². The van der Waals surface area contributed by atoms with Crippen LogP contribution in [-0.4, -0.2) is 17.5 Å². The van der Waals surface area contributed by atoms with Crippen molar-refractivity contribution < 1.29 is 9.90 Å². The fraction of sp³-hybridized carbons (Fsp3) is 0.222. The van der Waals surface area contributed by atoms with Gasteiger partial charge in [-0.3, -0.25) is 4.79 Å². The van der Waals surface area contributed by atoms with E-state index in [9.17, 15) is 4.79 Å². The molecule has 1 rings (SSSR count). The standard InChI is InChI=1S/C9H7Cl3O2/c10-5-1-8(11)7(9(12)2-5)3-6(14)4-13/h1-2,13H,3-4H2. The van der Waals surface area contributed by atoms with E-state index < -0.39 is 6.61 Å². The quantitative estimate of drug-likeness (QED) is 0.899. The summed E-state index contributed by atoms with van der Waals surface area (Å²) in [6.45, 7) is -0.519. The highest BCUT2D eigenvalue weighted by Crippen LogP contribution is 2.29. The molecule has 0 aliphatic rings. The fourth-order valence-electron chi connectivity index (χ4n) is 0.994. The van der Waals surface area contributed by atoms with E-state index >= 15 is 0 Å². The van der Waals surface area contributed by atoms with E-state index in [0.717, 1.165) is 0 Å². The first-order valence-corrected chi connectivity index (χ1v) is 4.94. The van der Waals surface area contributed by atoms with Crippen molar-refractivity contribution in [2.45, 2.75) is 6.42 Å². The second-order valence-electron chi connectivity index (χ2n) is 2.72. The predicted molar refractivity (Wildman–Crippen MR) is 57.3 cm³/mol. The Balaban J connectivity index is 3.02. The Morgan fingerprint density at radius 3 is 2.14 bits per heavy atom. The van der Waals surface area contributed by atoms with E-state index in [1.165, 1.54) is 12.1 Å². The first kappa shape index (κ1) is 11.8. The third-order valence-corrected chi connectivity index (χ3v) is 2.55. The minimum atomic E-state index is -0.519. The number of aliphatic hydroxyl groups excluding tert-OH is 1. The molecule has 0 amide bonds. The number of halogens is 3. The minimum Gasteiger partial charge on any atom is -0.389 e. The number of ketones is 1. The molecule has 0 heterocycles. The summed E-state index contributed by atoms with van der Waals surface area (Å²) in [6, 6.07) is 3.02. The number of rotatable bonds is 3. The zero-order valence-corrected chi connectivity index (χ0v) is 9.33. The van der Waals surface area contributed by atoms with Gasteiger partial charge in [0, 0.05) is 21.5 Å². The summed E-state index contributed by atoms with van der Waals surface area (Å²) in [7, 11) is 0. The Labute approximate surface area is 96.4 Å². The van der Waals surface area contributed by atoms with Gasteiger partial charge in [0.1, 0.15) is 6.61 Å². The highest BCUT2D eigenvalue weighted by atomic mass is 35.5. The van der Waals surface area contributed by atoms with Crippen LogP contribution in [0.3, 0.4) is 0 Å². The lowest BCUT2D eigenvalue weighted by molar-refractivity contribution is -0.121. The SMILES string of the molecule is O=C(CO)Cc1c(Cl)cc(Cl)cc1Cl. The van der Waals surface area contributed by atoms with Crippen molar-refractivity contribution in [1.82, 2.24) is 0 Å². The summed E-state index contributed by atoms with van der Waals surface area (Å²) in [4.78, 5) is 11.0. The van der Waals surface area contributed by atoms with Crippen molar-refractivity contribution in [1.29, 1.82) is 0 Å². The van der Waals surface area contributed by atoms with Crippen LogP contribution in [0, 0.1) is 0 Å². The first-order valence-electron chi connectivity index (χ1n) is 3.80. The zero-order chi connectivity index (χ0) is 10.7. The lowest BCUT2D eigenvalue weighted by atomic mass is 10.1. The largest absolute Gasteiger partial charge is 0.389 e. The molecular weight excluding hydrogens is 246 g/mol. The molecule has 0 unspecified atom stereocenters. The maximum absolute atomic E-state index is 11.0. The Kier molecular flexibility index (Phi) is 4.20. The highest BCUT2D eigenvalue weighted by Gasteiger charge is 2.11. The molecule has 0 bridgehead atoms. The second kappa shape index (κ2) is 4.99. The number of hydrogen-bond acceptors (Lipinski definition) is 2. The number of hydrogen-bond donors (Lipinski definition) is 1. The molecule has 0 aliphatic heterocycles. The Morgan fingerprint density at radius 2 is 1.71 bits per heavy atom. The van der Waals surface area contributed by atoms with E-state index in [1.54, 1.807) is 0 Å². The molecule has 5 heteroatoms. The molecule has 14 heavy (non-hydrogen) atoms. The van der Waals surface area contributed by atoms with E-state index in [-0.39, 0.29) is 12.2 Å². The highest BCUT2D eigenvalue weighted by molar-refractivity contribution is 6.39. The summed E-state index contributed by atoms with van der Waals surface area (Å²) < 4.78 is 0. The zero-order valence-electron chi connectivity index (χ0n) is 7.06. The van der Waals surface area contributed by atoms with Crippen LogP contribution >= 0.6 is 34.8 Å². The molecule has 0 saturated heterocycles. The average Bonchev–Trinajstić information content (AvgIpc) is 2.10. The van der Waals surface area contributed by atoms with Crippen LogP contribution in [0.1, 0.15) is 5.56 Å². The van der Waals surface area contributed by atoms with Gasteiger partial charge in [-0.15, -0.1) is 0 Å². The predicted octanol–water partition coefficient (Wildman–Crippen LogP) is 2.75. The number of carbonyl (C=O) groups is 1. The summed E-state index contributed by atoms with van der Waals surface area (Å²) in [6.07, 6.45) is 0.0192. The maximum Gasteiger partial charge on any atom is 0.162 e. The molecule has 1 N–H and O–H groups in total. The Bertz CT molecular complexity index is 340. The van der Waals surface area contributed by atoms with Gasteiger partial charge in [0.2, 0.25) is 0 Å². The number of carbonyl (C=O) groups excluding carboxylic acids is 1. The van der Waals surface area contributed by atoms with Gasteiger partial charge < -0.3 is 5.11 Å². The van der Waals surface area contributed by atoms with E-state index in [2.05, 4.69) is 0 Å². The maximum atomic E-state index is 11.0. The van der Waals surface area contributed by atoms with Gasteiger partial charge in [-0.2, -0.15) is 0 Å². The minimum absolute atomic E-state index is 0.0192. The van der Waals surface area contributed by atoms with Crippen LogP contribution in [-0.2, 0) is 11.2 Å². The van der Waals surface area contributed by atoms with Crippen LogP contribution in [0.25, 0.3) is 0 Å². The molecule has 2 nitrogen and oxygen atoms in total. The smallest absolute Gasteiger partial charge is 0.162 e. The van der Waals surface area contributed by atoms with Crippen molar-refractivity contribution in [2.24, 2.45) is 0 Å². The summed E-state index contributed by atoms with van der Waals surface area (Å²) in [5, 5.41) is 9.66. The van der Waals surface area contributed by atoms with Crippen LogP contribution in [0.2, 0.25) is 15.1 Å². The van der Waals surface area contributed by atoms with Gasteiger partial charge >= 0.3 is 0 Å². The van der Waals surface area contributed by atoms with Crippen molar-refractivity contribution >= 4 is 40.6 Å². The molecule has 0 aliphatic carbocycles.